The Balaban J connectivity index is 0.000000415. The molecule has 0 aliphatic carbocycles. The van der Waals surface area contributed by atoms with Crippen LogP contribution in [0, 0.1) is 6.92 Å². The second kappa shape index (κ2) is 14.8. The van der Waals surface area contributed by atoms with Gasteiger partial charge < -0.3 is 25.4 Å². The molecule has 9 heteroatoms. The van der Waals surface area contributed by atoms with E-state index in [2.05, 4.69) is 28.6 Å². The summed E-state index contributed by atoms with van der Waals surface area (Å²) in [5.41, 5.74) is 9.06. The van der Waals surface area contributed by atoms with E-state index in [4.69, 9.17) is 31.7 Å². The van der Waals surface area contributed by atoms with Gasteiger partial charge in [-0.3, -0.25) is 4.68 Å². The summed E-state index contributed by atoms with van der Waals surface area (Å²) in [5.74, 6) is 1.64. The van der Waals surface area contributed by atoms with Gasteiger partial charge in [0, 0.05) is 18.5 Å². The molecule has 0 radical (unpaired) electrons. The summed E-state index contributed by atoms with van der Waals surface area (Å²) in [4.78, 5) is 17.3. The zero-order valence-electron chi connectivity index (χ0n) is 19.0. The maximum Gasteiger partial charge on any atom is 0.159 e. The predicted molar refractivity (Wildman–Crippen MR) is 138 cm³/mol. The van der Waals surface area contributed by atoms with Gasteiger partial charge in [0.25, 0.3) is 0 Å². The number of carbonyl (C=O) groups excluding carboxylic acids is 2. The van der Waals surface area contributed by atoms with Crippen LogP contribution >= 0.6 is 22.9 Å². The van der Waals surface area contributed by atoms with Gasteiger partial charge in [-0.25, -0.2) is 0 Å². The number of benzene rings is 2. The van der Waals surface area contributed by atoms with Crippen molar-refractivity contribution in [1.82, 2.24) is 9.78 Å². The van der Waals surface area contributed by atoms with Crippen molar-refractivity contribution in [3.63, 3.8) is 0 Å². The van der Waals surface area contributed by atoms with Gasteiger partial charge in [0.2, 0.25) is 0 Å². The summed E-state index contributed by atoms with van der Waals surface area (Å²) in [7, 11) is 3.55. The Bertz CT molecular complexity index is 1110. The zero-order chi connectivity index (χ0) is 24.8. The summed E-state index contributed by atoms with van der Waals surface area (Å²) in [6.07, 6.45) is 0. The average molecular weight is 489 g/mol. The zero-order valence-corrected chi connectivity index (χ0v) is 20.6. The highest BCUT2D eigenvalue weighted by molar-refractivity contribution is 7.16. The standard InChI is InChI=1S/C17H20N4O.C5H5ClS.2CH2O/c1-19-17-16-14(7-4-8-15(16)22-2)21(20-17)11-13-6-3-5-12(9-13)10-18;1-4-2-3-5(6)7-4;2*1-2/h3-9H,10-11,18H2,1-2H3,(H,19,20);2-3H,1H3;2*1H2. The number of aryl methyl sites for hydroxylation is 1. The Hall–Kier alpha value is -3.20. The molecule has 2 aromatic carbocycles. The highest BCUT2D eigenvalue weighted by Crippen LogP contribution is 2.32. The average Bonchev–Trinajstić information content (AvgIpc) is 3.43. The third-order valence-electron chi connectivity index (χ3n) is 4.46. The van der Waals surface area contributed by atoms with E-state index in [-0.39, 0.29) is 0 Å². The molecule has 0 saturated carbocycles. The Morgan fingerprint density at radius 1 is 1.09 bits per heavy atom. The molecular formula is C24H29ClN4O3S. The van der Waals surface area contributed by atoms with Crippen LogP contribution in [-0.4, -0.2) is 37.5 Å². The molecular weight excluding hydrogens is 460 g/mol. The molecule has 0 atom stereocenters. The Kier molecular flexibility index (Phi) is 12.5. The van der Waals surface area contributed by atoms with E-state index in [1.165, 1.54) is 10.4 Å². The molecule has 0 bridgehead atoms. The summed E-state index contributed by atoms with van der Waals surface area (Å²) >= 11 is 7.19. The van der Waals surface area contributed by atoms with E-state index >= 15 is 0 Å². The Morgan fingerprint density at radius 2 is 1.76 bits per heavy atom. The molecule has 2 heterocycles. The van der Waals surface area contributed by atoms with Gasteiger partial charge in [-0.1, -0.05) is 41.9 Å². The summed E-state index contributed by atoms with van der Waals surface area (Å²) < 4.78 is 8.32. The molecule has 0 aliphatic heterocycles. The van der Waals surface area contributed by atoms with Gasteiger partial charge in [-0.15, -0.1) is 11.3 Å². The van der Waals surface area contributed by atoms with Gasteiger partial charge in [0.15, 0.2) is 5.82 Å². The Morgan fingerprint density at radius 3 is 2.27 bits per heavy atom. The normalized spacial score (nSPS) is 9.48. The molecule has 3 N–H and O–H groups in total. The van der Waals surface area contributed by atoms with Crippen LogP contribution in [0.5, 0.6) is 5.75 Å². The van der Waals surface area contributed by atoms with E-state index in [9.17, 15) is 0 Å². The van der Waals surface area contributed by atoms with Crippen molar-refractivity contribution in [2.75, 3.05) is 19.5 Å². The number of halogens is 1. The fourth-order valence-electron chi connectivity index (χ4n) is 3.10. The van der Waals surface area contributed by atoms with Gasteiger partial charge in [-0.2, -0.15) is 5.10 Å². The van der Waals surface area contributed by atoms with E-state index in [0.29, 0.717) is 13.1 Å². The van der Waals surface area contributed by atoms with Gasteiger partial charge >= 0.3 is 0 Å². The van der Waals surface area contributed by atoms with Crippen LogP contribution in [0.4, 0.5) is 5.82 Å². The molecule has 176 valence electrons. The number of methoxy groups -OCH3 is 1. The van der Waals surface area contributed by atoms with Crippen LogP contribution < -0.4 is 15.8 Å². The van der Waals surface area contributed by atoms with Crippen molar-refractivity contribution < 1.29 is 14.3 Å². The van der Waals surface area contributed by atoms with Crippen molar-refractivity contribution in [2.45, 2.75) is 20.0 Å². The lowest BCUT2D eigenvalue weighted by molar-refractivity contribution is -0.0987. The number of nitrogens with one attached hydrogen (secondary N) is 1. The number of thiophene rings is 1. The van der Waals surface area contributed by atoms with Crippen LogP contribution in [-0.2, 0) is 22.7 Å². The first-order valence-electron chi connectivity index (χ1n) is 9.84. The maximum absolute atomic E-state index is 8.00. The summed E-state index contributed by atoms with van der Waals surface area (Å²) in [6, 6.07) is 18.2. The number of nitrogens with zero attached hydrogens (tertiary/aromatic N) is 2. The highest BCUT2D eigenvalue weighted by atomic mass is 35.5. The fraction of sp³-hybridized carbons (Fsp3) is 0.208. The number of rotatable bonds is 5. The van der Waals surface area contributed by atoms with Crippen molar-refractivity contribution in [1.29, 1.82) is 0 Å². The number of hydrogen-bond acceptors (Lipinski definition) is 7. The second-order valence-electron chi connectivity index (χ2n) is 6.48. The second-order valence-corrected chi connectivity index (χ2v) is 8.40. The van der Waals surface area contributed by atoms with E-state index in [1.807, 2.05) is 68.6 Å². The van der Waals surface area contributed by atoms with Gasteiger partial charge in [-0.05, 0) is 42.3 Å². The lowest BCUT2D eigenvalue weighted by Crippen LogP contribution is -2.04. The van der Waals surface area contributed by atoms with Crippen LogP contribution in [0.1, 0.15) is 16.0 Å². The molecule has 0 aliphatic rings. The van der Waals surface area contributed by atoms with Crippen LogP contribution in [0.2, 0.25) is 4.34 Å². The molecule has 33 heavy (non-hydrogen) atoms. The third kappa shape index (κ3) is 7.71. The molecule has 0 amide bonds. The summed E-state index contributed by atoms with van der Waals surface area (Å²) in [5, 5.41) is 8.81. The van der Waals surface area contributed by atoms with E-state index in [1.54, 1.807) is 18.4 Å². The van der Waals surface area contributed by atoms with Gasteiger partial charge in [0.05, 0.1) is 28.9 Å². The first kappa shape index (κ1) is 27.8. The molecule has 2 aromatic heterocycles. The van der Waals surface area contributed by atoms with E-state index < -0.39 is 0 Å². The highest BCUT2D eigenvalue weighted by Gasteiger charge is 2.14. The SMILES string of the molecule is C=O.C=O.CNc1nn(Cc2cccc(CN)c2)c2cccc(OC)c12.Cc1ccc(Cl)s1. The number of anilines is 1. The molecule has 0 saturated heterocycles. The largest absolute Gasteiger partial charge is 0.496 e. The minimum absolute atomic E-state index is 0.545. The minimum Gasteiger partial charge on any atom is -0.496 e. The lowest BCUT2D eigenvalue weighted by atomic mass is 10.1. The van der Waals surface area contributed by atoms with Crippen LogP contribution in [0.25, 0.3) is 10.9 Å². The van der Waals surface area contributed by atoms with Crippen LogP contribution in [0.3, 0.4) is 0 Å². The number of fused-ring (bicyclic) bond motifs is 1. The number of aromatic nitrogens is 2. The smallest absolute Gasteiger partial charge is 0.159 e. The quantitative estimate of drug-likeness (QED) is 0.413. The molecule has 0 spiro atoms. The van der Waals surface area contributed by atoms with Crippen molar-refractivity contribution in [3.05, 3.63) is 74.9 Å². The first-order chi connectivity index (χ1) is 16.0. The number of nitrogens with two attached hydrogens (primary N) is 1. The van der Waals surface area contributed by atoms with Gasteiger partial charge in [0.1, 0.15) is 19.3 Å². The topological polar surface area (TPSA) is 99.2 Å². The minimum atomic E-state index is 0.545. The predicted octanol–water partition coefficient (Wildman–Crippen LogP) is 4.93. The third-order valence-corrected chi connectivity index (χ3v) is 5.61. The summed E-state index contributed by atoms with van der Waals surface area (Å²) in [6.45, 7) is 7.28. The van der Waals surface area contributed by atoms with Crippen molar-refractivity contribution in [2.24, 2.45) is 5.73 Å². The first-order valence-corrected chi connectivity index (χ1v) is 11.0. The molecule has 0 fully saturated rings. The number of hydrogen-bond donors (Lipinski definition) is 2. The fourth-order valence-corrected chi connectivity index (χ4v) is 4.10. The Labute approximate surface area is 203 Å². The maximum atomic E-state index is 8.00. The molecule has 0 unspecified atom stereocenters. The van der Waals surface area contributed by atoms with Crippen LogP contribution in [0.15, 0.2) is 54.6 Å². The lowest BCUT2D eigenvalue weighted by Gasteiger charge is -2.06. The van der Waals surface area contributed by atoms with Crippen molar-refractivity contribution >= 4 is 53.2 Å². The van der Waals surface area contributed by atoms with E-state index in [0.717, 1.165) is 32.4 Å². The number of ether oxygens (including phenoxy) is 1. The molecule has 4 aromatic rings. The van der Waals surface area contributed by atoms with Crippen molar-refractivity contribution in [3.8, 4) is 5.75 Å². The molecule has 7 nitrogen and oxygen atoms in total. The number of carbonyl (C=O) groups is 2. The monoisotopic (exact) mass is 488 g/mol. The molecule has 4 rings (SSSR count).